The highest BCUT2D eigenvalue weighted by molar-refractivity contribution is 5.64. The van der Waals surface area contributed by atoms with Crippen molar-refractivity contribution in [3.05, 3.63) is 53.0 Å². The van der Waals surface area contributed by atoms with Gasteiger partial charge >= 0.3 is 0 Å². The molecule has 1 aliphatic carbocycles. The molecule has 2 rings (SSSR count). The van der Waals surface area contributed by atoms with Crippen molar-refractivity contribution in [2.75, 3.05) is 28.4 Å². The van der Waals surface area contributed by atoms with Gasteiger partial charge in [0.1, 0.15) is 5.94 Å². The third-order valence-corrected chi connectivity index (χ3v) is 3.88. The first-order valence-electron chi connectivity index (χ1n) is 7.27. The Bertz CT molecular complexity index is 712. The molecule has 0 fully saturated rings. The van der Waals surface area contributed by atoms with Gasteiger partial charge in [-0.05, 0) is 23.8 Å². The molecule has 1 aromatic rings. The molecule has 0 heterocycles. The molecule has 1 N–H and O–H groups in total. The summed E-state index contributed by atoms with van der Waals surface area (Å²) in [5.74, 6) is 2.96. The minimum Gasteiger partial charge on any atom is -0.493 e. The second-order valence-corrected chi connectivity index (χ2v) is 5.06. The lowest BCUT2D eigenvalue weighted by Crippen LogP contribution is -2.19. The van der Waals surface area contributed by atoms with Crippen molar-refractivity contribution in [3.63, 3.8) is 0 Å². The Morgan fingerprint density at radius 3 is 2.29 bits per heavy atom. The maximum Gasteiger partial charge on any atom is 0.175 e. The summed E-state index contributed by atoms with van der Waals surface area (Å²) in [5.41, 5.74) is 0.769. The lowest BCUT2D eigenvalue weighted by molar-refractivity contribution is 0.137. The van der Waals surface area contributed by atoms with Gasteiger partial charge < -0.3 is 24.1 Å². The molecule has 0 spiro atoms. The summed E-state index contributed by atoms with van der Waals surface area (Å²) in [6.07, 6.45) is 2.36. The van der Waals surface area contributed by atoms with Gasteiger partial charge in [0.15, 0.2) is 23.0 Å². The van der Waals surface area contributed by atoms with Crippen LogP contribution in [-0.4, -0.2) is 39.5 Å². The number of allylic oxidation sites excluding steroid dienone is 2. The number of rotatable bonds is 6. The number of hydrogen-bond acceptors (Lipinski definition) is 6. The number of aliphatic hydroxyl groups excluding tert-OH is 1. The van der Waals surface area contributed by atoms with E-state index in [1.54, 1.807) is 30.4 Å². The lowest BCUT2D eigenvalue weighted by atomic mass is 9.85. The van der Waals surface area contributed by atoms with Crippen LogP contribution in [-0.2, 0) is 14.3 Å². The number of benzene rings is 1. The average Bonchev–Trinajstić information content (AvgIpc) is 2.65. The number of hydrogen-bond donors (Lipinski definition) is 1. The third kappa shape index (κ3) is 3.15. The summed E-state index contributed by atoms with van der Waals surface area (Å²) in [5, 5.41) is 10.7. The van der Waals surface area contributed by atoms with Gasteiger partial charge in [-0.3, -0.25) is 0 Å². The van der Waals surface area contributed by atoms with E-state index < -0.39 is 12.0 Å². The highest BCUT2D eigenvalue weighted by Gasteiger charge is 2.32. The Balaban J connectivity index is 2.40. The van der Waals surface area contributed by atoms with Crippen LogP contribution in [0.5, 0.6) is 11.5 Å². The van der Waals surface area contributed by atoms with E-state index in [-0.39, 0.29) is 11.3 Å². The van der Waals surface area contributed by atoms with Crippen LogP contribution >= 0.6 is 0 Å². The maximum absolute atomic E-state index is 11.4. The third-order valence-electron chi connectivity index (χ3n) is 3.88. The smallest absolute Gasteiger partial charge is 0.175 e. The van der Waals surface area contributed by atoms with Crippen LogP contribution < -0.4 is 9.47 Å². The lowest BCUT2D eigenvalue weighted by Gasteiger charge is -2.26. The van der Waals surface area contributed by atoms with Crippen molar-refractivity contribution < 1.29 is 28.8 Å². The zero-order valence-electron chi connectivity index (χ0n) is 14.0. The van der Waals surface area contributed by atoms with E-state index in [2.05, 4.69) is 0 Å². The van der Waals surface area contributed by atoms with Crippen LogP contribution in [0, 0.1) is 5.92 Å². The Kier molecular flexibility index (Phi) is 5.68. The van der Waals surface area contributed by atoms with Crippen LogP contribution in [0.15, 0.2) is 47.4 Å². The average molecular weight is 332 g/mol. The van der Waals surface area contributed by atoms with E-state index in [9.17, 15) is 9.90 Å². The number of carbonyl (C=O) groups excluding carboxylic acids is 1. The molecule has 0 amide bonds. The summed E-state index contributed by atoms with van der Waals surface area (Å²) < 4.78 is 20.9. The molecule has 2 unspecified atom stereocenters. The fourth-order valence-electron chi connectivity index (χ4n) is 2.64. The Morgan fingerprint density at radius 2 is 1.75 bits per heavy atom. The first-order valence-corrected chi connectivity index (χ1v) is 7.27. The summed E-state index contributed by atoms with van der Waals surface area (Å²) in [6, 6.07) is 5.08. The van der Waals surface area contributed by atoms with Gasteiger partial charge in [0.25, 0.3) is 0 Å². The summed E-state index contributed by atoms with van der Waals surface area (Å²) >= 11 is 0. The van der Waals surface area contributed by atoms with Crippen molar-refractivity contribution in [2.45, 2.75) is 6.10 Å². The minimum absolute atomic E-state index is 0.194. The molecule has 2 atom stereocenters. The van der Waals surface area contributed by atoms with E-state index in [0.717, 1.165) is 0 Å². The molecule has 1 aromatic carbocycles. The molecule has 128 valence electrons. The predicted octanol–water partition coefficient (Wildman–Crippen LogP) is 2.19. The molecular weight excluding hydrogens is 312 g/mol. The summed E-state index contributed by atoms with van der Waals surface area (Å²) in [4.78, 5) is 11.4. The number of ether oxygens (including phenoxy) is 4. The van der Waals surface area contributed by atoms with Crippen LogP contribution in [0.25, 0.3) is 0 Å². The van der Waals surface area contributed by atoms with Crippen LogP contribution in [0.4, 0.5) is 0 Å². The predicted molar refractivity (Wildman–Crippen MR) is 87.4 cm³/mol. The van der Waals surface area contributed by atoms with E-state index in [0.29, 0.717) is 22.8 Å². The Hall–Kier alpha value is -2.69. The van der Waals surface area contributed by atoms with Crippen LogP contribution in [0.1, 0.15) is 11.7 Å². The van der Waals surface area contributed by atoms with E-state index in [1.807, 2.05) is 5.94 Å². The van der Waals surface area contributed by atoms with Gasteiger partial charge in [-0.15, -0.1) is 0 Å². The molecule has 1 aliphatic rings. The highest BCUT2D eigenvalue weighted by atomic mass is 16.5. The Morgan fingerprint density at radius 1 is 1.04 bits per heavy atom. The highest BCUT2D eigenvalue weighted by Crippen LogP contribution is 2.39. The molecule has 6 nitrogen and oxygen atoms in total. The molecule has 0 radical (unpaired) electrons. The zero-order chi connectivity index (χ0) is 17.7. The maximum atomic E-state index is 11.4. The van der Waals surface area contributed by atoms with E-state index in [4.69, 9.17) is 18.9 Å². The van der Waals surface area contributed by atoms with E-state index in [1.165, 1.54) is 28.4 Å². The monoisotopic (exact) mass is 332 g/mol. The molecule has 0 saturated heterocycles. The van der Waals surface area contributed by atoms with E-state index >= 15 is 0 Å². The number of aliphatic hydroxyl groups is 1. The Labute approximate surface area is 140 Å². The zero-order valence-corrected chi connectivity index (χ0v) is 14.0. The molecule has 0 aliphatic heterocycles. The molecule has 24 heavy (non-hydrogen) atoms. The van der Waals surface area contributed by atoms with Gasteiger partial charge in [0, 0.05) is 5.92 Å². The van der Waals surface area contributed by atoms with Gasteiger partial charge in [-0.2, -0.15) is 0 Å². The summed E-state index contributed by atoms with van der Waals surface area (Å²) in [7, 11) is 5.96. The van der Waals surface area contributed by atoms with Gasteiger partial charge in [-0.1, -0.05) is 12.1 Å². The largest absolute Gasteiger partial charge is 0.493 e. The summed E-state index contributed by atoms with van der Waals surface area (Å²) in [6.45, 7) is 0. The SMILES string of the molecule is COC1=C(OC)C(=C=O)C(C(O)c2ccc(OC)c(OC)c2)C=C1. The van der Waals surface area contributed by atoms with Gasteiger partial charge in [0.05, 0.1) is 40.1 Å². The quantitative estimate of drug-likeness (QED) is 0.805. The molecule has 0 bridgehead atoms. The topological polar surface area (TPSA) is 74.2 Å². The van der Waals surface area contributed by atoms with Crippen molar-refractivity contribution >= 4 is 5.94 Å². The van der Waals surface area contributed by atoms with Crippen molar-refractivity contribution in [1.29, 1.82) is 0 Å². The van der Waals surface area contributed by atoms with Crippen molar-refractivity contribution in [2.24, 2.45) is 5.92 Å². The molecule has 0 aromatic heterocycles. The second-order valence-electron chi connectivity index (χ2n) is 5.06. The van der Waals surface area contributed by atoms with Crippen molar-refractivity contribution in [3.8, 4) is 11.5 Å². The standard InChI is InChI=1S/C18H20O6/c1-21-14-7-5-11(9-16(14)23-3)17(20)12-6-8-15(22-2)18(24-4)13(12)10-19/h5-9,12,17,20H,1-4H3. The minimum atomic E-state index is -0.985. The van der Waals surface area contributed by atoms with Crippen LogP contribution in [0.2, 0.25) is 0 Å². The fraction of sp³-hybridized carbons (Fsp3) is 0.333. The van der Waals surface area contributed by atoms with Crippen LogP contribution in [0.3, 0.4) is 0 Å². The second kappa shape index (κ2) is 7.73. The molecule has 0 saturated carbocycles. The first kappa shape index (κ1) is 17.7. The normalized spacial score (nSPS) is 18.0. The van der Waals surface area contributed by atoms with Gasteiger partial charge in [-0.25, -0.2) is 4.79 Å². The number of methoxy groups -OCH3 is 4. The molecular formula is C18H20O6. The molecule has 6 heteroatoms. The van der Waals surface area contributed by atoms with Crippen molar-refractivity contribution in [1.82, 2.24) is 0 Å². The first-order chi connectivity index (χ1) is 11.6. The fourth-order valence-corrected chi connectivity index (χ4v) is 2.64. The van der Waals surface area contributed by atoms with Gasteiger partial charge in [0.2, 0.25) is 0 Å².